The van der Waals surface area contributed by atoms with Crippen molar-refractivity contribution in [3.05, 3.63) is 54.1 Å². The van der Waals surface area contributed by atoms with E-state index in [2.05, 4.69) is 46.6 Å². The Bertz CT molecular complexity index is 550. The van der Waals surface area contributed by atoms with Gasteiger partial charge in [-0.3, -0.25) is 0 Å². The number of ether oxygens (including phenoxy) is 2. The van der Waals surface area contributed by atoms with Gasteiger partial charge >= 0.3 is 0 Å². The summed E-state index contributed by atoms with van der Waals surface area (Å²) >= 11 is 0. The maximum Gasteiger partial charge on any atom is 0.119 e. The van der Waals surface area contributed by atoms with E-state index in [0.29, 0.717) is 13.2 Å². The monoisotopic (exact) mass is 300 g/mol. The van der Waals surface area contributed by atoms with Gasteiger partial charge in [-0.05, 0) is 42.0 Å². The molecule has 0 aliphatic heterocycles. The third kappa shape index (κ3) is 4.97. The van der Waals surface area contributed by atoms with Crippen molar-refractivity contribution in [2.45, 2.75) is 6.54 Å². The Morgan fingerprint density at radius 3 is 2.18 bits per heavy atom. The first-order valence-corrected chi connectivity index (χ1v) is 7.41. The first kappa shape index (κ1) is 16.2. The van der Waals surface area contributed by atoms with E-state index in [9.17, 15) is 0 Å². The number of methoxy groups -OCH3 is 1. The summed E-state index contributed by atoms with van der Waals surface area (Å²) in [5, 5.41) is 3.42. The largest absolute Gasteiger partial charge is 0.491 e. The van der Waals surface area contributed by atoms with Gasteiger partial charge in [-0.25, -0.2) is 0 Å². The topological polar surface area (TPSA) is 33.7 Å². The maximum atomic E-state index is 5.55. The van der Waals surface area contributed by atoms with E-state index < -0.39 is 0 Å². The van der Waals surface area contributed by atoms with Crippen LogP contribution in [0.15, 0.2) is 48.5 Å². The second-order valence-electron chi connectivity index (χ2n) is 5.28. The zero-order chi connectivity index (χ0) is 15.8. The molecule has 0 saturated carbocycles. The molecule has 4 heteroatoms. The van der Waals surface area contributed by atoms with Gasteiger partial charge < -0.3 is 19.7 Å². The van der Waals surface area contributed by atoms with Gasteiger partial charge in [-0.1, -0.05) is 12.1 Å². The highest BCUT2D eigenvalue weighted by atomic mass is 16.5. The van der Waals surface area contributed by atoms with Crippen LogP contribution in [0.25, 0.3) is 0 Å². The minimum atomic E-state index is 0.576. The van der Waals surface area contributed by atoms with Crippen molar-refractivity contribution < 1.29 is 9.47 Å². The maximum absolute atomic E-state index is 5.55. The molecule has 0 fully saturated rings. The van der Waals surface area contributed by atoms with Crippen molar-refractivity contribution in [2.24, 2.45) is 0 Å². The Morgan fingerprint density at radius 1 is 0.909 bits per heavy atom. The Balaban J connectivity index is 1.83. The molecule has 118 valence electrons. The summed E-state index contributed by atoms with van der Waals surface area (Å²) in [6.45, 7) is 1.97. The van der Waals surface area contributed by atoms with Crippen molar-refractivity contribution in [3.8, 4) is 5.75 Å². The Labute approximate surface area is 132 Å². The molecular formula is C18H24N2O2. The standard InChI is InChI=1S/C18H24N2O2/c1-20(2)17-8-6-16(7-9-17)19-14-15-4-10-18(11-5-15)22-13-12-21-3/h4-11,19H,12-14H2,1-3H3. The van der Waals surface area contributed by atoms with Crippen LogP contribution in [0.5, 0.6) is 5.75 Å². The lowest BCUT2D eigenvalue weighted by atomic mass is 10.2. The molecule has 0 heterocycles. The molecule has 0 amide bonds. The minimum absolute atomic E-state index is 0.576. The normalized spacial score (nSPS) is 10.3. The first-order valence-electron chi connectivity index (χ1n) is 7.41. The third-order valence-electron chi connectivity index (χ3n) is 3.36. The first-order chi connectivity index (χ1) is 10.7. The van der Waals surface area contributed by atoms with Gasteiger partial charge in [0.15, 0.2) is 0 Å². The molecular weight excluding hydrogens is 276 g/mol. The Hall–Kier alpha value is -2.20. The second kappa shape index (κ2) is 8.29. The fourth-order valence-corrected chi connectivity index (χ4v) is 2.03. The highest BCUT2D eigenvalue weighted by Crippen LogP contribution is 2.17. The molecule has 0 spiro atoms. The number of nitrogens with one attached hydrogen (secondary N) is 1. The van der Waals surface area contributed by atoms with Crippen molar-refractivity contribution in [2.75, 3.05) is 44.6 Å². The fourth-order valence-electron chi connectivity index (χ4n) is 2.03. The SMILES string of the molecule is COCCOc1ccc(CNc2ccc(N(C)C)cc2)cc1. The van der Waals surface area contributed by atoms with Gasteiger partial charge in [0.05, 0.1) is 6.61 Å². The molecule has 4 nitrogen and oxygen atoms in total. The van der Waals surface area contributed by atoms with Crippen molar-refractivity contribution in [1.82, 2.24) is 0 Å². The number of anilines is 2. The zero-order valence-corrected chi connectivity index (χ0v) is 13.5. The van der Waals surface area contributed by atoms with E-state index in [1.165, 1.54) is 11.3 Å². The van der Waals surface area contributed by atoms with E-state index in [0.717, 1.165) is 18.0 Å². The van der Waals surface area contributed by atoms with Crippen LogP contribution in [0.1, 0.15) is 5.56 Å². The van der Waals surface area contributed by atoms with Crippen LogP contribution in [-0.2, 0) is 11.3 Å². The Kier molecular flexibility index (Phi) is 6.10. The summed E-state index contributed by atoms with van der Waals surface area (Å²) in [4.78, 5) is 2.09. The van der Waals surface area contributed by atoms with Crippen molar-refractivity contribution in [1.29, 1.82) is 0 Å². The van der Waals surface area contributed by atoms with E-state index in [1.807, 2.05) is 26.2 Å². The summed E-state index contributed by atoms with van der Waals surface area (Å²) < 4.78 is 10.5. The Morgan fingerprint density at radius 2 is 1.59 bits per heavy atom. The number of rotatable bonds is 8. The quantitative estimate of drug-likeness (QED) is 0.758. The highest BCUT2D eigenvalue weighted by Gasteiger charge is 1.98. The van der Waals surface area contributed by atoms with Crippen LogP contribution in [-0.4, -0.2) is 34.4 Å². The van der Waals surface area contributed by atoms with Crippen LogP contribution < -0.4 is 15.0 Å². The van der Waals surface area contributed by atoms with Gasteiger partial charge in [0.25, 0.3) is 0 Å². The molecule has 0 aliphatic carbocycles. The van der Waals surface area contributed by atoms with Gasteiger partial charge in [0.1, 0.15) is 12.4 Å². The van der Waals surface area contributed by atoms with Gasteiger partial charge in [0, 0.05) is 39.1 Å². The lowest BCUT2D eigenvalue weighted by molar-refractivity contribution is 0.146. The van der Waals surface area contributed by atoms with Crippen molar-refractivity contribution >= 4 is 11.4 Å². The number of benzene rings is 2. The number of hydrogen-bond acceptors (Lipinski definition) is 4. The van der Waals surface area contributed by atoms with Crippen LogP contribution in [0, 0.1) is 0 Å². The second-order valence-corrected chi connectivity index (χ2v) is 5.28. The average molecular weight is 300 g/mol. The lowest BCUT2D eigenvalue weighted by Crippen LogP contribution is -2.08. The fraction of sp³-hybridized carbons (Fsp3) is 0.333. The predicted octanol–water partition coefficient (Wildman–Crippen LogP) is 3.39. The molecule has 22 heavy (non-hydrogen) atoms. The summed E-state index contributed by atoms with van der Waals surface area (Å²) in [5.41, 5.74) is 3.53. The van der Waals surface area contributed by atoms with Gasteiger partial charge in [-0.2, -0.15) is 0 Å². The highest BCUT2D eigenvalue weighted by molar-refractivity contribution is 5.54. The van der Waals surface area contributed by atoms with Crippen LogP contribution >= 0.6 is 0 Å². The van der Waals surface area contributed by atoms with Crippen LogP contribution in [0.4, 0.5) is 11.4 Å². The molecule has 0 unspecified atom stereocenters. The van der Waals surface area contributed by atoms with Crippen LogP contribution in [0.3, 0.4) is 0 Å². The van der Waals surface area contributed by atoms with E-state index in [1.54, 1.807) is 7.11 Å². The predicted molar refractivity (Wildman–Crippen MR) is 91.9 cm³/mol. The van der Waals surface area contributed by atoms with Crippen molar-refractivity contribution in [3.63, 3.8) is 0 Å². The molecule has 0 saturated heterocycles. The molecule has 0 aliphatic rings. The molecule has 0 bridgehead atoms. The summed E-state index contributed by atoms with van der Waals surface area (Å²) in [5.74, 6) is 0.871. The smallest absolute Gasteiger partial charge is 0.119 e. The van der Waals surface area contributed by atoms with Gasteiger partial charge in [0.2, 0.25) is 0 Å². The molecule has 0 radical (unpaired) electrons. The minimum Gasteiger partial charge on any atom is -0.491 e. The molecule has 0 atom stereocenters. The zero-order valence-electron chi connectivity index (χ0n) is 13.5. The van der Waals surface area contributed by atoms with E-state index in [4.69, 9.17) is 9.47 Å². The lowest BCUT2D eigenvalue weighted by Gasteiger charge is -2.13. The molecule has 1 N–H and O–H groups in total. The van der Waals surface area contributed by atoms with E-state index >= 15 is 0 Å². The van der Waals surface area contributed by atoms with Gasteiger partial charge in [-0.15, -0.1) is 0 Å². The molecule has 2 aromatic rings. The molecule has 2 rings (SSSR count). The summed E-state index contributed by atoms with van der Waals surface area (Å²) in [6.07, 6.45) is 0. The third-order valence-corrected chi connectivity index (χ3v) is 3.36. The summed E-state index contributed by atoms with van der Waals surface area (Å²) in [7, 11) is 5.75. The van der Waals surface area contributed by atoms with E-state index in [-0.39, 0.29) is 0 Å². The summed E-state index contributed by atoms with van der Waals surface area (Å²) in [6, 6.07) is 16.5. The molecule has 0 aromatic heterocycles. The number of hydrogen-bond donors (Lipinski definition) is 1. The molecule has 2 aromatic carbocycles. The van der Waals surface area contributed by atoms with Crippen LogP contribution in [0.2, 0.25) is 0 Å². The average Bonchev–Trinajstić information content (AvgIpc) is 2.55. The number of nitrogens with zero attached hydrogens (tertiary/aromatic N) is 1.